The lowest BCUT2D eigenvalue weighted by Crippen LogP contribution is -2.48. The number of piperidine rings is 1. The first-order chi connectivity index (χ1) is 11.5. The quantitative estimate of drug-likeness (QED) is 0.903. The molecule has 130 valence electrons. The second kappa shape index (κ2) is 6.98. The average Bonchev–Trinajstić information content (AvgIpc) is 2.90. The van der Waals surface area contributed by atoms with Gasteiger partial charge in [-0.25, -0.2) is 0 Å². The van der Waals surface area contributed by atoms with Crippen molar-refractivity contribution in [1.29, 1.82) is 0 Å². The number of benzene rings is 1. The third-order valence-corrected chi connectivity index (χ3v) is 5.15. The zero-order valence-electron chi connectivity index (χ0n) is 15.1. The van der Waals surface area contributed by atoms with Crippen molar-refractivity contribution in [2.45, 2.75) is 52.5 Å². The van der Waals surface area contributed by atoms with Crippen molar-refractivity contribution in [3.8, 4) is 0 Å². The van der Waals surface area contributed by atoms with E-state index in [-0.39, 0.29) is 11.9 Å². The van der Waals surface area contributed by atoms with Gasteiger partial charge in [-0.05, 0) is 61.5 Å². The average molecular weight is 328 g/mol. The van der Waals surface area contributed by atoms with Crippen molar-refractivity contribution in [2.75, 3.05) is 13.1 Å². The SMILES string of the molecule is Cc1cc2occ(CC(=O)NC3CCNCC3C)c2cc1C(C)C. The number of carbonyl (C=O) groups excluding carboxylic acids is 1. The molecule has 1 saturated heterocycles. The number of rotatable bonds is 4. The van der Waals surface area contributed by atoms with Crippen LogP contribution in [0.15, 0.2) is 22.8 Å². The van der Waals surface area contributed by atoms with E-state index in [0.717, 1.165) is 36.0 Å². The van der Waals surface area contributed by atoms with Crippen LogP contribution in [-0.2, 0) is 11.2 Å². The molecule has 0 saturated carbocycles. The summed E-state index contributed by atoms with van der Waals surface area (Å²) in [5, 5.41) is 7.63. The second-order valence-electron chi connectivity index (χ2n) is 7.44. The van der Waals surface area contributed by atoms with Gasteiger partial charge in [-0.3, -0.25) is 4.79 Å². The zero-order chi connectivity index (χ0) is 17.3. The third kappa shape index (κ3) is 3.48. The van der Waals surface area contributed by atoms with Gasteiger partial charge in [0.05, 0.1) is 12.7 Å². The van der Waals surface area contributed by atoms with Crippen LogP contribution in [0.3, 0.4) is 0 Å². The molecular weight excluding hydrogens is 300 g/mol. The Labute approximate surface area is 144 Å². The van der Waals surface area contributed by atoms with Gasteiger partial charge in [0.25, 0.3) is 0 Å². The minimum atomic E-state index is 0.0862. The number of furan rings is 1. The molecule has 1 aromatic heterocycles. The number of hydrogen-bond acceptors (Lipinski definition) is 3. The summed E-state index contributed by atoms with van der Waals surface area (Å²) in [6.45, 7) is 10.6. The molecule has 0 aliphatic carbocycles. The molecule has 1 fully saturated rings. The molecule has 0 radical (unpaired) electrons. The Bertz CT molecular complexity index is 733. The largest absolute Gasteiger partial charge is 0.464 e. The Balaban J connectivity index is 1.77. The predicted octanol–water partition coefficient (Wildman–Crippen LogP) is 3.52. The first-order valence-electron chi connectivity index (χ1n) is 8.96. The summed E-state index contributed by atoms with van der Waals surface area (Å²) in [5.41, 5.74) is 4.41. The predicted molar refractivity (Wildman–Crippen MR) is 97.3 cm³/mol. The van der Waals surface area contributed by atoms with Crippen LogP contribution in [0.25, 0.3) is 11.0 Å². The molecule has 4 heteroatoms. The molecule has 2 aromatic rings. The number of fused-ring (bicyclic) bond motifs is 1. The number of amides is 1. The lowest BCUT2D eigenvalue weighted by atomic mass is 9.94. The maximum Gasteiger partial charge on any atom is 0.224 e. The van der Waals surface area contributed by atoms with E-state index in [9.17, 15) is 4.79 Å². The van der Waals surface area contributed by atoms with E-state index in [0.29, 0.717) is 18.3 Å². The van der Waals surface area contributed by atoms with Gasteiger partial charge < -0.3 is 15.1 Å². The number of aryl methyl sites for hydroxylation is 1. The topological polar surface area (TPSA) is 54.3 Å². The summed E-state index contributed by atoms with van der Waals surface area (Å²) in [4.78, 5) is 12.5. The Morgan fingerprint density at radius 3 is 2.92 bits per heavy atom. The van der Waals surface area contributed by atoms with E-state index >= 15 is 0 Å². The number of carbonyl (C=O) groups is 1. The highest BCUT2D eigenvalue weighted by Gasteiger charge is 2.23. The van der Waals surface area contributed by atoms with Crippen LogP contribution in [0.4, 0.5) is 0 Å². The summed E-state index contributed by atoms with van der Waals surface area (Å²) >= 11 is 0. The Hall–Kier alpha value is -1.81. The minimum absolute atomic E-state index is 0.0862. The molecule has 0 spiro atoms. The maximum absolute atomic E-state index is 12.5. The summed E-state index contributed by atoms with van der Waals surface area (Å²) in [6.07, 6.45) is 3.11. The molecule has 2 atom stereocenters. The monoisotopic (exact) mass is 328 g/mol. The Morgan fingerprint density at radius 1 is 1.42 bits per heavy atom. The lowest BCUT2D eigenvalue weighted by Gasteiger charge is -2.30. The minimum Gasteiger partial charge on any atom is -0.464 e. The highest BCUT2D eigenvalue weighted by Crippen LogP contribution is 2.29. The fourth-order valence-corrected chi connectivity index (χ4v) is 3.66. The molecule has 4 nitrogen and oxygen atoms in total. The molecule has 2 N–H and O–H groups in total. The van der Waals surface area contributed by atoms with Gasteiger partial charge in [0.2, 0.25) is 5.91 Å². The summed E-state index contributed by atoms with van der Waals surface area (Å²) < 4.78 is 5.69. The molecule has 0 bridgehead atoms. The van der Waals surface area contributed by atoms with Crippen molar-refractivity contribution >= 4 is 16.9 Å². The van der Waals surface area contributed by atoms with Crippen molar-refractivity contribution < 1.29 is 9.21 Å². The fraction of sp³-hybridized carbons (Fsp3) is 0.550. The fourth-order valence-electron chi connectivity index (χ4n) is 3.66. The molecule has 24 heavy (non-hydrogen) atoms. The van der Waals surface area contributed by atoms with Gasteiger partial charge in [-0.2, -0.15) is 0 Å². The Morgan fingerprint density at radius 2 is 2.21 bits per heavy atom. The lowest BCUT2D eigenvalue weighted by molar-refractivity contribution is -0.121. The molecule has 1 aliphatic rings. The van der Waals surface area contributed by atoms with Gasteiger partial charge in [-0.1, -0.05) is 20.8 Å². The molecule has 1 amide bonds. The van der Waals surface area contributed by atoms with E-state index in [1.54, 1.807) is 6.26 Å². The van der Waals surface area contributed by atoms with Gasteiger partial charge in [0.15, 0.2) is 0 Å². The normalized spacial score (nSPS) is 21.4. The zero-order valence-corrected chi connectivity index (χ0v) is 15.1. The molecule has 1 aromatic carbocycles. The molecule has 2 unspecified atom stereocenters. The van der Waals surface area contributed by atoms with E-state index in [1.807, 2.05) is 0 Å². The number of nitrogens with one attached hydrogen (secondary N) is 2. The standard InChI is InChI=1S/C20H28N2O2/c1-12(2)16-9-17-15(11-24-19(17)7-13(16)3)8-20(23)22-18-5-6-21-10-14(18)4/h7,9,11-12,14,18,21H,5-6,8,10H2,1-4H3,(H,22,23). The van der Waals surface area contributed by atoms with Crippen LogP contribution >= 0.6 is 0 Å². The van der Waals surface area contributed by atoms with Crippen molar-refractivity contribution in [2.24, 2.45) is 5.92 Å². The van der Waals surface area contributed by atoms with Crippen LogP contribution in [-0.4, -0.2) is 25.0 Å². The van der Waals surface area contributed by atoms with Crippen LogP contribution < -0.4 is 10.6 Å². The summed E-state index contributed by atoms with van der Waals surface area (Å²) in [5.74, 6) is 1.02. The van der Waals surface area contributed by atoms with Crippen molar-refractivity contribution in [3.05, 3.63) is 35.1 Å². The third-order valence-electron chi connectivity index (χ3n) is 5.15. The van der Waals surface area contributed by atoms with Gasteiger partial charge in [-0.15, -0.1) is 0 Å². The van der Waals surface area contributed by atoms with Crippen LogP contribution in [0.2, 0.25) is 0 Å². The van der Waals surface area contributed by atoms with E-state index in [4.69, 9.17) is 4.42 Å². The highest BCUT2D eigenvalue weighted by molar-refractivity contribution is 5.88. The summed E-state index contributed by atoms with van der Waals surface area (Å²) in [6, 6.07) is 4.54. The highest BCUT2D eigenvalue weighted by atomic mass is 16.3. The van der Waals surface area contributed by atoms with E-state index in [1.165, 1.54) is 11.1 Å². The Kier molecular flexibility index (Phi) is 4.95. The van der Waals surface area contributed by atoms with Gasteiger partial charge >= 0.3 is 0 Å². The summed E-state index contributed by atoms with van der Waals surface area (Å²) in [7, 11) is 0. The number of hydrogen-bond donors (Lipinski definition) is 2. The molecule has 1 aliphatic heterocycles. The smallest absolute Gasteiger partial charge is 0.224 e. The molecule has 2 heterocycles. The molecule has 3 rings (SSSR count). The van der Waals surface area contributed by atoms with Gasteiger partial charge in [0, 0.05) is 17.0 Å². The maximum atomic E-state index is 12.5. The first-order valence-corrected chi connectivity index (χ1v) is 8.96. The molecular formula is C20H28N2O2. The van der Waals surface area contributed by atoms with Crippen molar-refractivity contribution in [3.63, 3.8) is 0 Å². The van der Waals surface area contributed by atoms with Crippen LogP contribution in [0.5, 0.6) is 0 Å². The second-order valence-corrected chi connectivity index (χ2v) is 7.44. The van der Waals surface area contributed by atoms with Crippen molar-refractivity contribution in [1.82, 2.24) is 10.6 Å². The van der Waals surface area contributed by atoms with E-state index < -0.39 is 0 Å². The van der Waals surface area contributed by atoms with Crippen LogP contribution in [0.1, 0.15) is 49.8 Å². The van der Waals surface area contributed by atoms with Crippen LogP contribution in [0, 0.1) is 12.8 Å². The van der Waals surface area contributed by atoms with E-state index in [2.05, 4.69) is 50.5 Å². The first kappa shape index (κ1) is 17.0. The van der Waals surface area contributed by atoms with Gasteiger partial charge in [0.1, 0.15) is 5.58 Å².